The number of nitrogens with one attached hydrogen (secondary N) is 1. The van der Waals surface area contributed by atoms with Gasteiger partial charge in [-0.05, 0) is 36.5 Å². The molecule has 2 aliphatic rings. The van der Waals surface area contributed by atoms with Crippen LogP contribution < -0.4 is 16.0 Å². The van der Waals surface area contributed by atoms with Crippen molar-refractivity contribution in [2.75, 3.05) is 29.5 Å². The van der Waals surface area contributed by atoms with Crippen LogP contribution in [-0.2, 0) is 11.2 Å². The lowest BCUT2D eigenvalue weighted by atomic mass is 9.82. The van der Waals surface area contributed by atoms with Crippen LogP contribution in [0.4, 0.5) is 17.1 Å². The number of carbonyl (C=O) groups is 1. The molecule has 1 aliphatic heterocycles. The van der Waals surface area contributed by atoms with Gasteiger partial charge in [0.05, 0.1) is 23.9 Å². The Hall–Kier alpha value is -1.75. The first-order chi connectivity index (χ1) is 9.02. The zero-order valence-corrected chi connectivity index (χ0v) is 11.0. The number of nitrogen functional groups attached to an aromatic ring is 1. The van der Waals surface area contributed by atoms with Crippen LogP contribution in [0.5, 0.6) is 0 Å². The van der Waals surface area contributed by atoms with Crippen LogP contribution in [0.15, 0.2) is 12.1 Å². The molecule has 1 heterocycles. The van der Waals surface area contributed by atoms with E-state index < -0.39 is 0 Å². The summed E-state index contributed by atoms with van der Waals surface area (Å²) >= 11 is 0. The lowest BCUT2D eigenvalue weighted by Crippen LogP contribution is -2.37. The van der Waals surface area contributed by atoms with Crippen LogP contribution in [0.1, 0.15) is 18.4 Å². The van der Waals surface area contributed by atoms with E-state index in [4.69, 9.17) is 5.73 Å². The summed E-state index contributed by atoms with van der Waals surface area (Å²) in [5.41, 5.74) is 9.57. The first-order valence-electron chi connectivity index (χ1n) is 6.64. The highest BCUT2D eigenvalue weighted by molar-refractivity contribution is 6.00. The summed E-state index contributed by atoms with van der Waals surface area (Å²) in [6, 6.07) is 3.83. The summed E-state index contributed by atoms with van der Waals surface area (Å²) in [5.74, 6) is 0.554. The second-order valence-electron chi connectivity index (χ2n) is 5.66. The normalized spacial score (nSPS) is 24.6. The number of rotatable bonds is 3. The molecule has 5 nitrogen and oxygen atoms in total. The molecule has 0 spiro atoms. The van der Waals surface area contributed by atoms with Crippen molar-refractivity contribution in [1.29, 1.82) is 0 Å². The van der Waals surface area contributed by atoms with Gasteiger partial charge in [-0.25, -0.2) is 0 Å². The van der Waals surface area contributed by atoms with Crippen LogP contribution in [0, 0.1) is 5.92 Å². The standard InChI is InChI=1S/C14H19N3O2/c1-17(7-8-2-10(18)3-8)13-6-12-9(4-11(13)15)5-14(19)16-12/h4,6,8,10,18H,2-3,5,7,15H2,1H3,(H,16,19). The third-order valence-corrected chi connectivity index (χ3v) is 4.03. The highest BCUT2D eigenvalue weighted by Crippen LogP contribution is 2.35. The van der Waals surface area contributed by atoms with E-state index in [9.17, 15) is 9.90 Å². The Labute approximate surface area is 112 Å². The van der Waals surface area contributed by atoms with E-state index in [-0.39, 0.29) is 12.0 Å². The second kappa shape index (κ2) is 4.42. The molecule has 1 aromatic carbocycles. The first kappa shape index (κ1) is 12.3. The first-order valence-corrected chi connectivity index (χ1v) is 6.64. The Morgan fingerprint density at radius 1 is 1.47 bits per heavy atom. The van der Waals surface area contributed by atoms with Crippen molar-refractivity contribution >= 4 is 23.0 Å². The monoisotopic (exact) mass is 261 g/mol. The van der Waals surface area contributed by atoms with Crippen LogP contribution in [-0.4, -0.2) is 30.7 Å². The molecule has 1 aromatic rings. The van der Waals surface area contributed by atoms with Crippen LogP contribution in [0.3, 0.4) is 0 Å². The minimum absolute atomic E-state index is 0.0244. The fourth-order valence-corrected chi connectivity index (χ4v) is 2.95. The van der Waals surface area contributed by atoms with Gasteiger partial charge in [0, 0.05) is 19.3 Å². The summed E-state index contributed by atoms with van der Waals surface area (Å²) < 4.78 is 0. The average molecular weight is 261 g/mol. The molecule has 19 heavy (non-hydrogen) atoms. The predicted octanol–water partition coefficient (Wildman–Crippen LogP) is 0.970. The van der Waals surface area contributed by atoms with Gasteiger partial charge >= 0.3 is 0 Å². The number of benzene rings is 1. The Kier molecular flexibility index (Phi) is 2.86. The number of hydrogen-bond donors (Lipinski definition) is 3. The fourth-order valence-electron chi connectivity index (χ4n) is 2.95. The Balaban J connectivity index is 1.77. The van der Waals surface area contributed by atoms with E-state index in [0.29, 0.717) is 18.0 Å². The molecular formula is C14H19N3O2. The lowest BCUT2D eigenvalue weighted by Gasteiger charge is -2.35. The molecular weight excluding hydrogens is 242 g/mol. The number of carbonyl (C=O) groups excluding carboxylic acids is 1. The number of nitrogens with zero attached hydrogens (tertiary/aromatic N) is 1. The number of fused-ring (bicyclic) bond motifs is 1. The van der Waals surface area contributed by atoms with E-state index in [1.807, 2.05) is 19.2 Å². The van der Waals surface area contributed by atoms with Gasteiger partial charge in [-0.1, -0.05) is 0 Å². The van der Waals surface area contributed by atoms with Crippen molar-refractivity contribution in [2.24, 2.45) is 5.92 Å². The smallest absolute Gasteiger partial charge is 0.228 e. The Bertz CT molecular complexity index is 524. The van der Waals surface area contributed by atoms with Crippen molar-refractivity contribution < 1.29 is 9.90 Å². The fraction of sp³-hybridized carbons (Fsp3) is 0.500. The molecule has 0 unspecified atom stereocenters. The summed E-state index contributed by atoms with van der Waals surface area (Å²) in [4.78, 5) is 13.5. The van der Waals surface area contributed by atoms with E-state index in [2.05, 4.69) is 10.2 Å². The van der Waals surface area contributed by atoms with Crippen molar-refractivity contribution in [3.63, 3.8) is 0 Å². The van der Waals surface area contributed by atoms with Gasteiger partial charge in [-0.2, -0.15) is 0 Å². The van der Waals surface area contributed by atoms with Crippen molar-refractivity contribution in [3.05, 3.63) is 17.7 Å². The molecule has 1 fully saturated rings. The van der Waals surface area contributed by atoms with E-state index in [1.165, 1.54) is 0 Å². The summed E-state index contributed by atoms with van der Waals surface area (Å²) in [5, 5.41) is 12.2. The molecule has 0 radical (unpaired) electrons. The zero-order chi connectivity index (χ0) is 13.6. The number of anilines is 3. The Morgan fingerprint density at radius 2 is 2.21 bits per heavy atom. The minimum atomic E-state index is -0.130. The second-order valence-corrected chi connectivity index (χ2v) is 5.66. The number of aliphatic hydroxyl groups excluding tert-OH is 1. The average Bonchev–Trinajstić information content (AvgIpc) is 2.65. The molecule has 5 heteroatoms. The van der Waals surface area contributed by atoms with Crippen molar-refractivity contribution in [3.8, 4) is 0 Å². The highest BCUT2D eigenvalue weighted by atomic mass is 16.3. The quantitative estimate of drug-likeness (QED) is 0.708. The summed E-state index contributed by atoms with van der Waals surface area (Å²) in [6.45, 7) is 0.883. The predicted molar refractivity (Wildman–Crippen MR) is 75.2 cm³/mol. The zero-order valence-electron chi connectivity index (χ0n) is 11.0. The summed E-state index contributed by atoms with van der Waals surface area (Å²) in [7, 11) is 2.00. The van der Waals surface area contributed by atoms with E-state index in [1.54, 1.807) is 0 Å². The van der Waals surface area contributed by atoms with Gasteiger partial charge in [0.2, 0.25) is 5.91 Å². The number of amides is 1. The minimum Gasteiger partial charge on any atom is -0.397 e. The molecule has 0 bridgehead atoms. The van der Waals surface area contributed by atoms with Crippen LogP contribution >= 0.6 is 0 Å². The van der Waals surface area contributed by atoms with E-state index in [0.717, 1.165) is 36.3 Å². The molecule has 3 rings (SSSR count). The third-order valence-electron chi connectivity index (χ3n) is 4.03. The third kappa shape index (κ3) is 2.26. The summed E-state index contributed by atoms with van der Waals surface area (Å²) in [6.07, 6.45) is 2.02. The van der Waals surface area contributed by atoms with Crippen molar-refractivity contribution in [2.45, 2.75) is 25.4 Å². The van der Waals surface area contributed by atoms with Crippen LogP contribution in [0.25, 0.3) is 0 Å². The topological polar surface area (TPSA) is 78.6 Å². The Morgan fingerprint density at radius 3 is 2.89 bits per heavy atom. The van der Waals surface area contributed by atoms with Gasteiger partial charge in [-0.15, -0.1) is 0 Å². The van der Waals surface area contributed by atoms with Gasteiger partial charge in [-0.3, -0.25) is 4.79 Å². The number of hydrogen-bond acceptors (Lipinski definition) is 4. The molecule has 0 saturated heterocycles. The largest absolute Gasteiger partial charge is 0.397 e. The van der Waals surface area contributed by atoms with E-state index >= 15 is 0 Å². The molecule has 102 valence electrons. The van der Waals surface area contributed by atoms with Crippen molar-refractivity contribution in [1.82, 2.24) is 0 Å². The van der Waals surface area contributed by atoms with Gasteiger partial charge < -0.3 is 21.1 Å². The van der Waals surface area contributed by atoms with Gasteiger partial charge in [0.25, 0.3) is 0 Å². The lowest BCUT2D eigenvalue weighted by molar-refractivity contribution is -0.115. The van der Waals surface area contributed by atoms with Crippen LogP contribution in [0.2, 0.25) is 0 Å². The van der Waals surface area contributed by atoms with Gasteiger partial charge in [0.1, 0.15) is 0 Å². The molecule has 1 aliphatic carbocycles. The molecule has 4 N–H and O–H groups in total. The molecule has 1 amide bonds. The maximum absolute atomic E-state index is 11.4. The van der Waals surface area contributed by atoms with Gasteiger partial charge in [0.15, 0.2) is 0 Å². The SMILES string of the molecule is CN(CC1CC(O)C1)c1cc2c(cc1N)CC(=O)N2. The number of nitrogens with two attached hydrogens (primary N) is 1. The molecule has 0 atom stereocenters. The maximum atomic E-state index is 11.4. The maximum Gasteiger partial charge on any atom is 0.228 e. The molecule has 1 saturated carbocycles. The highest BCUT2D eigenvalue weighted by Gasteiger charge is 2.29. The number of aliphatic hydroxyl groups is 1. The molecule has 0 aromatic heterocycles.